The van der Waals surface area contributed by atoms with Crippen LogP contribution in [0.3, 0.4) is 0 Å². The second kappa shape index (κ2) is 11.9. The van der Waals surface area contributed by atoms with Gasteiger partial charge in [-0.1, -0.05) is 0 Å². The molecule has 6 atom stereocenters. The monoisotopic (exact) mass is 565 g/mol. The number of nitrogens with two attached hydrogens (primary N) is 1. The van der Waals surface area contributed by atoms with E-state index in [2.05, 4.69) is 28.1 Å². The minimum atomic E-state index is -6.17. The summed E-state index contributed by atoms with van der Waals surface area (Å²) in [6.07, 6.45) is -5.61. The van der Waals surface area contributed by atoms with Crippen LogP contribution in [0.2, 0.25) is 0 Å². The van der Waals surface area contributed by atoms with E-state index in [4.69, 9.17) is 10.5 Å². The number of aromatic amines is 1. The molecule has 0 aliphatic carbocycles. The Hall–Kier alpha value is 0.440. The maximum atomic E-state index is 11.8. The van der Waals surface area contributed by atoms with Gasteiger partial charge in [-0.3, -0.25) is 27.8 Å². The number of aliphatic hydroxyl groups excluding tert-OH is 2. The molecule has 0 amide bonds. The summed E-state index contributed by atoms with van der Waals surface area (Å²) in [4.78, 5) is 65.0. The van der Waals surface area contributed by atoms with Gasteiger partial charge in [0.25, 0.3) is 21.2 Å². The summed E-state index contributed by atoms with van der Waals surface area (Å²) in [6.45, 7) is -1.13. The number of nitrogen functional groups attached to an aromatic ring is 1. The molecule has 0 spiro atoms. The summed E-state index contributed by atoms with van der Waals surface area (Å²) in [5, 5.41) is 20.3. The number of fused-ring (bicyclic) bond motifs is 1. The summed E-state index contributed by atoms with van der Waals surface area (Å²) in [7, 11) is -18.2. The zero-order valence-electron chi connectivity index (χ0n) is 17.1. The van der Waals surface area contributed by atoms with Gasteiger partial charge >= 0.3 is 59.1 Å². The molecular formula is C10H12N5Na2O14P3-2. The van der Waals surface area contributed by atoms with Gasteiger partial charge in [-0.15, -0.1) is 0 Å². The smallest absolute Gasteiger partial charge is 0.790 e. The minimum absolute atomic E-state index is 0. The van der Waals surface area contributed by atoms with Crippen molar-refractivity contribution in [3.05, 3.63) is 16.7 Å². The summed E-state index contributed by atoms with van der Waals surface area (Å²) in [5.41, 5.74) is 4.40. The first-order valence-corrected chi connectivity index (χ1v) is 12.4. The maximum absolute atomic E-state index is 11.8. The Morgan fingerprint density at radius 1 is 1.12 bits per heavy atom. The molecule has 24 heteroatoms. The van der Waals surface area contributed by atoms with Crippen molar-refractivity contribution in [2.45, 2.75) is 24.5 Å². The van der Waals surface area contributed by atoms with Gasteiger partial charge in [0.15, 0.2) is 17.4 Å². The fourth-order valence-corrected chi connectivity index (χ4v) is 5.54. The molecule has 0 saturated carbocycles. The standard InChI is InChI=1S/C10H16N5O14P3.2Na/c11-10-13-7-4(8(18)14-10)12-2-15(7)9-6(17)5(16)3(27-9)1-26-31(22,23)29-32(24,25)28-30(19,20)21;;/h2-3,5-6,9,16-17H,1H2,(H,22,23)(H,24,25)(H2,19,20,21)(H3,11,13,14,18);;/q;2*+1/p-4/t3-,5-,6-,9-;;/m1../s1. The number of aliphatic hydroxyl groups is 2. The van der Waals surface area contributed by atoms with E-state index in [1.165, 1.54) is 0 Å². The SMILES string of the molecule is Nc1nc2c(ncn2[C@@H]2O[C@H](COP(=O)([O-])OP(=O)([O-])OP(=O)([O-])[O-])[C@@H](O)[C@H]2O)c(=O)[nH]1.[Na+].[Na+]. The van der Waals surface area contributed by atoms with Crippen molar-refractivity contribution in [3.8, 4) is 0 Å². The molecule has 19 nitrogen and oxygen atoms in total. The zero-order chi connectivity index (χ0) is 24.1. The first-order valence-electron chi connectivity index (χ1n) is 8.04. The second-order valence-electron chi connectivity index (χ2n) is 6.12. The van der Waals surface area contributed by atoms with Gasteiger partial charge < -0.3 is 49.3 Å². The van der Waals surface area contributed by atoms with E-state index in [0.717, 1.165) is 10.9 Å². The number of rotatable bonds is 8. The van der Waals surface area contributed by atoms with E-state index >= 15 is 0 Å². The van der Waals surface area contributed by atoms with Crippen LogP contribution in [0.1, 0.15) is 6.23 Å². The van der Waals surface area contributed by atoms with Crippen molar-refractivity contribution >= 4 is 40.6 Å². The number of hydrogen-bond acceptors (Lipinski definition) is 17. The fourth-order valence-electron chi connectivity index (χ4n) is 2.67. The molecule has 180 valence electrons. The molecule has 1 saturated heterocycles. The molecule has 5 N–H and O–H groups in total. The van der Waals surface area contributed by atoms with Crippen molar-refractivity contribution in [3.63, 3.8) is 0 Å². The third kappa shape index (κ3) is 7.97. The normalized spacial score (nSPS) is 26.3. The molecule has 0 radical (unpaired) electrons. The average Bonchev–Trinajstić information content (AvgIpc) is 3.12. The molecule has 2 aromatic rings. The summed E-state index contributed by atoms with van der Waals surface area (Å²) in [5.74, 6) is -0.299. The molecule has 1 aliphatic heterocycles. The van der Waals surface area contributed by atoms with E-state index in [1.807, 2.05) is 0 Å². The number of hydrogen-bond donors (Lipinski definition) is 4. The molecule has 0 bridgehead atoms. The van der Waals surface area contributed by atoms with E-state index < -0.39 is 60.2 Å². The summed E-state index contributed by atoms with van der Waals surface area (Å²) in [6, 6.07) is 0. The maximum Gasteiger partial charge on any atom is 1.00 e. The molecule has 2 unspecified atom stereocenters. The van der Waals surface area contributed by atoms with Gasteiger partial charge in [-0.05, 0) is 0 Å². The largest absolute Gasteiger partial charge is 1.00 e. The van der Waals surface area contributed by atoms with Gasteiger partial charge in [0.1, 0.15) is 18.3 Å². The average molecular weight is 565 g/mol. The van der Waals surface area contributed by atoms with Gasteiger partial charge in [0.2, 0.25) is 5.95 Å². The number of ether oxygens (including phenoxy) is 1. The Labute approximate surface area is 232 Å². The van der Waals surface area contributed by atoms with E-state index in [1.54, 1.807) is 0 Å². The van der Waals surface area contributed by atoms with Crippen molar-refractivity contribution < 1.29 is 120 Å². The molecule has 2 aromatic heterocycles. The van der Waals surface area contributed by atoms with Crippen molar-refractivity contribution in [1.82, 2.24) is 19.5 Å². The molecule has 34 heavy (non-hydrogen) atoms. The first-order chi connectivity index (χ1) is 14.6. The van der Waals surface area contributed by atoms with E-state index in [9.17, 15) is 48.3 Å². The van der Waals surface area contributed by atoms with Crippen LogP contribution < -0.4 is 90.0 Å². The third-order valence-corrected chi connectivity index (χ3v) is 7.52. The van der Waals surface area contributed by atoms with Crippen molar-refractivity contribution in [1.29, 1.82) is 0 Å². The minimum Gasteiger partial charge on any atom is -0.790 e. The van der Waals surface area contributed by atoms with Gasteiger partial charge in [-0.2, -0.15) is 4.98 Å². The van der Waals surface area contributed by atoms with Gasteiger partial charge in [0.05, 0.1) is 20.8 Å². The Morgan fingerprint density at radius 3 is 2.32 bits per heavy atom. The van der Waals surface area contributed by atoms with Crippen LogP contribution in [0, 0.1) is 0 Å². The number of imidazole rings is 1. The Balaban J connectivity index is 0.00000289. The van der Waals surface area contributed by atoms with E-state index in [-0.39, 0.29) is 76.2 Å². The van der Waals surface area contributed by atoms with Crippen LogP contribution in [-0.2, 0) is 31.6 Å². The number of H-pyrrole nitrogens is 1. The molecule has 3 rings (SSSR count). The number of phosphoric acid groups is 3. The van der Waals surface area contributed by atoms with Gasteiger partial charge in [0, 0.05) is 0 Å². The topological polar surface area (TPSA) is 310 Å². The summed E-state index contributed by atoms with van der Waals surface area (Å²) >= 11 is 0. The van der Waals surface area contributed by atoms with Crippen molar-refractivity contribution in [2.75, 3.05) is 12.3 Å². The first kappa shape index (κ1) is 32.5. The van der Waals surface area contributed by atoms with Gasteiger partial charge in [-0.25, -0.2) is 9.29 Å². The Morgan fingerprint density at radius 2 is 1.74 bits per heavy atom. The van der Waals surface area contributed by atoms with Crippen LogP contribution in [0.4, 0.5) is 5.95 Å². The Bertz CT molecular complexity index is 1220. The fraction of sp³-hybridized carbons (Fsp3) is 0.500. The van der Waals surface area contributed by atoms with Crippen LogP contribution in [-0.4, -0.2) is 54.7 Å². The Kier molecular flexibility index (Phi) is 11.3. The number of phosphoric ester groups is 1. The molecule has 0 aromatic carbocycles. The second-order valence-corrected chi connectivity index (χ2v) is 10.4. The van der Waals surface area contributed by atoms with Crippen LogP contribution in [0.25, 0.3) is 11.2 Å². The number of anilines is 1. The van der Waals surface area contributed by atoms with E-state index in [0.29, 0.717) is 0 Å². The molecular weight excluding hydrogens is 553 g/mol. The zero-order valence-corrected chi connectivity index (χ0v) is 23.8. The predicted molar refractivity (Wildman–Crippen MR) is 89.4 cm³/mol. The number of nitrogens with zero attached hydrogens (tertiary/aromatic N) is 3. The predicted octanol–water partition coefficient (Wildman–Crippen LogP) is -10.9. The number of aromatic nitrogens is 4. The third-order valence-electron chi connectivity index (χ3n) is 3.86. The molecule has 1 fully saturated rings. The van der Waals surface area contributed by atoms with Crippen molar-refractivity contribution in [2.24, 2.45) is 0 Å². The quantitative estimate of drug-likeness (QED) is 0.170. The molecule has 1 aliphatic rings. The number of nitrogens with one attached hydrogen (secondary N) is 1. The van der Waals surface area contributed by atoms with Crippen LogP contribution >= 0.6 is 23.5 Å². The molecule has 3 heterocycles. The van der Waals surface area contributed by atoms with Crippen LogP contribution in [0.15, 0.2) is 11.1 Å². The summed E-state index contributed by atoms with van der Waals surface area (Å²) < 4.78 is 50.0. The van der Waals surface area contributed by atoms with Crippen LogP contribution in [0.5, 0.6) is 0 Å².